The van der Waals surface area contributed by atoms with Crippen LogP contribution in [0, 0.1) is 0 Å². The number of aldehydes is 1. The van der Waals surface area contributed by atoms with E-state index in [-0.39, 0.29) is 11.1 Å². The Morgan fingerprint density at radius 1 is 1.13 bits per heavy atom. The van der Waals surface area contributed by atoms with Crippen molar-refractivity contribution in [3.05, 3.63) is 35.4 Å². The average molecular weight is 208 g/mol. The third-order valence-corrected chi connectivity index (χ3v) is 1.93. The van der Waals surface area contributed by atoms with Crippen LogP contribution in [0.3, 0.4) is 0 Å². The Bertz CT molecular complexity index is 396. The van der Waals surface area contributed by atoms with Gasteiger partial charge in [0.1, 0.15) is 6.29 Å². The molecule has 15 heavy (non-hydrogen) atoms. The maximum Gasteiger partial charge on any atom is 0.322 e. The minimum Gasteiger partial charge on any atom is -0.480 e. The Hall–Kier alpha value is -2.17. The van der Waals surface area contributed by atoms with Gasteiger partial charge in [-0.1, -0.05) is 24.3 Å². The molecule has 0 fully saturated rings. The minimum atomic E-state index is -1.70. The number of hydrogen-bond acceptors (Lipinski definition) is 3. The van der Waals surface area contributed by atoms with Crippen molar-refractivity contribution in [2.75, 3.05) is 0 Å². The summed E-state index contributed by atoms with van der Waals surface area (Å²) >= 11 is 0. The molecule has 5 nitrogen and oxygen atoms in total. The molecule has 0 radical (unpaired) electrons. The highest BCUT2D eigenvalue weighted by Crippen LogP contribution is 2.19. The van der Waals surface area contributed by atoms with Gasteiger partial charge < -0.3 is 10.2 Å². The van der Waals surface area contributed by atoms with Crippen molar-refractivity contribution in [1.29, 1.82) is 0 Å². The minimum absolute atomic E-state index is 0.00694. The summed E-state index contributed by atoms with van der Waals surface area (Å²) in [6, 6.07) is 5.72. The van der Waals surface area contributed by atoms with Gasteiger partial charge in [-0.15, -0.1) is 0 Å². The Kier molecular flexibility index (Phi) is 3.17. The van der Waals surface area contributed by atoms with Gasteiger partial charge in [-0.05, 0) is 5.56 Å². The molecule has 1 rings (SSSR count). The number of carboxylic acid groups (broad SMARTS) is 2. The Morgan fingerprint density at radius 3 is 2.13 bits per heavy atom. The lowest BCUT2D eigenvalue weighted by atomic mass is 9.95. The zero-order valence-electron chi connectivity index (χ0n) is 7.58. The summed E-state index contributed by atoms with van der Waals surface area (Å²) in [6.45, 7) is 0. The monoisotopic (exact) mass is 208 g/mol. The summed E-state index contributed by atoms with van der Waals surface area (Å²) < 4.78 is 0. The number of aliphatic carboxylic acids is 2. The van der Waals surface area contributed by atoms with E-state index in [1.54, 1.807) is 0 Å². The second-order valence-electron chi connectivity index (χ2n) is 2.86. The Balaban J connectivity index is 3.28. The predicted molar refractivity (Wildman–Crippen MR) is 49.8 cm³/mol. The molecule has 0 unspecified atom stereocenters. The van der Waals surface area contributed by atoms with Crippen LogP contribution >= 0.6 is 0 Å². The topological polar surface area (TPSA) is 91.7 Å². The SMILES string of the molecule is O=Cc1ccccc1C(C(=O)O)C(=O)O. The van der Waals surface area contributed by atoms with Crippen molar-refractivity contribution in [2.24, 2.45) is 0 Å². The second-order valence-corrected chi connectivity index (χ2v) is 2.86. The molecule has 0 bridgehead atoms. The first kappa shape index (κ1) is 10.9. The summed E-state index contributed by atoms with van der Waals surface area (Å²) in [5, 5.41) is 17.4. The van der Waals surface area contributed by atoms with Gasteiger partial charge in [-0.2, -0.15) is 0 Å². The van der Waals surface area contributed by atoms with E-state index in [1.807, 2.05) is 0 Å². The molecule has 0 aliphatic carbocycles. The van der Waals surface area contributed by atoms with Gasteiger partial charge in [-0.25, -0.2) is 0 Å². The predicted octanol–water partition coefficient (Wildman–Crippen LogP) is 0.752. The molecule has 0 aliphatic heterocycles. The molecule has 5 heteroatoms. The number of benzene rings is 1. The summed E-state index contributed by atoms with van der Waals surface area (Å²) in [5.41, 5.74) is 0.0693. The lowest BCUT2D eigenvalue weighted by Gasteiger charge is -2.09. The highest BCUT2D eigenvalue weighted by molar-refractivity contribution is 6.01. The smallest absolute Gasteiger partial charge is 0.322 e. The number of carbonyl (C=O) groups is 3. The van der Waals surface area contributed by atoms with Crippen molar-refractivity contribution in [3.8, 4) is 0 Å². The van der Waals surface area contributed by atoms with Gasteiger partial charge in [0.25, 0.3) is 0 Å². The van der Waals surface area contributed by atoms with Gasteiger partial charge in [0.05, 0.1) is 0 Å². The van der Waals surface area contributed by atoms with Crippen LogP contribution in [0.2, 0.25) is 0 Å². The Morgan fingerprint density at radius 2 is 1.67 bits per heavy atom. The van der Waals surface area contributed by atoms with E-state index in [0.29, 0.717) is 6.29 Å². The fourth-order valence-corrected chi connectivity index (χ4v) is 1.25. The van der Waals surface area contributed by atoms with Crippen molar-refractivity contribution in [3.63, 3.8) is 0 Å². The first-order valence-electron chi connectivity index (χ1n) is 4.07. The van der Waals surface area contributed by atoms with Gasteiger partial charge in [0.15, 0.2) is 5.92 Å². The van der Waals surface area contributed by atoms with Gasteiger partial charge in [-0.3, -0.25) is 14.4 Å². The number of carboxylic acids is 2. The second kappa shape index (κ2) is 4.36. The largest absolute Gasteiger partial charge is 0.480 e. The van der Waals surface area contributed by atoms with Crippen molar-refractivity contribution >= 4 is 18.2 Å². The van der Waals surface area contributed by atoms with E-state index in [4.69, 9.17) is 10.2 Å². The molecule has 0 saturated carbocycles. The first-order chi connectivity index (χ1) is 7.07. The number of hydrogen-bond donors (Lipinski definition) is 2. The fraction of sp³-hybridized carbons (Fsp3) is 0.100. The van der Waals surface area contributed by atoms with Crippen LogP contribution in [-0.4, -0.2) is 28.4 Å². The lowest BCUT2D eigenvalue weighted by molar-refractivity contribution is -0.150. The lowest BCUT2D eigenvalue weighted by Crippen LogP contribution is -2.22. The standard InChI is InChI=1S/C10H8O5/c11-5-6-3-1-2-4-7(6)8(9(12)13)10(14)15/h1-5,8H,(H,12,13)(H,14,15). The maximum absolute atomic E-state index is 10.7. The third kappa shape index (κ3) is 2.19. The maximum atomic E-state index is 10.7. The van der Waals surface area contributed by atoms with Crippen LogP contribution in [0.4, 0.5) is 0 Å². The molecule has 1 aromatic carbocycles. The normalized spacial score (nSPS) is 9.93. The summed E-state index contributed by atoms with van der Waals surface area (Å²) in [4.78, 5) is 32.0. The highest BCUT2D eigenvalue weighted by Gasteiger charge is 2.29. The zero-order valence-corrected chi connectivity index (χ0v) is 7.58. The van der Waals surface area contributed by atoms with E-state index in [1.165, 1.54) is 24.3 Å². The van der Waals surface area contributed by atoms with Crippen molar-refractivity contribution < 1.29 is 24.6 Å². The van der Waals surface area contributed by atoms with Gasteiger partial charge >= 0.3 is 11.9 Å². The van der Waals surface area contributed by atoms with E-state index < -0.39 is 17.9 Å². The highest BCUT2D eigenvalue weighted by atomic mass is 16.4. The molecule has 2 N–H and O–H groups in total. The van der Waals surface area contributed by atoms with Gasteiger partial charge in [0, 0.05) is 5.56 Å². The molecule has 0 spiro atoms. The molecule has 0 saturated heterocycles. The zero-order chi connectivity index (χ0) is 11.4. The van der Waals surface area contributed by atoms with Crippen molar-refractivity contribution in [2.45, 2.75) is 5.92 Å². The fourth-order valence-electron chi connectivity index (χ4n) is 1.25. The average Bonchev–Trinajstić information content (AvgIpc) is 2.17. The first-order valence-corrected chi connectivity index (χ1v) is 4.07. The summed E-state index contributed by atoms with van der Waals surface area (Å²) in [5.74, 6) is -4.68. The van der Waals surface area contributed by atoms with Crippen LogP contribution in [0.5, 0.6) is 0 Å². The molecule has 0 amide bonds. The molecule has 78 valence electrons. The molecule has 0 heterocycles. The van der Waals surface area contributed by atoms with Gasteiger partial charge in [0.2, 0.25) is 0 Å². The Labute approximate surface area is 85.0 Å². The molecule has 0 aromatic heterocycles. The summed E-state index contributed by atoms with van der Waals surface area (Å²) in [6.07, 6.45) is 0.439. The molecule has 0 aliphatic rings. The van der Waals surface area contributed by atoms with Crippen LogP contribution in [-0.2, 0) is 9.59 Å². The summed E-state index contributed by atoms with van der Waals surface area (Å²) in [7, 11) is 0. The third-order valence-electron chi connectivity index (χ3n) is 1.93. The number of rotatable bonds is 4. The van der Waals surface area contributed by atoms with Crippen LogP contribution < -0.4 is 0 Å². The van der Waals surface area contributed by atoms with E-state index in [9.17, 15) is 14.4 Å². The molecule has 0 atom stereocenters. The van der Waals surface area contributed by atoms with E-state index in [2.05, 4.69) is 0 Å². The van der Waals surface area contributed by atoms with Crippen LogP contribution in [0.25, 0.3) is 0 Å². The van der Waals surface area contributed by atoms with E-state index in [0.717, 1.165) is 0 Å². The molecular formula is C10H8O5. The molecule has 1 aromatic rings. The molecular weight excluding hydrogens is 200 g/mol. The van der Waals surface area contributed by atoms with Crippen LogP contribution in [0.15, 0.2) is 24.3 Å². The van der Waals surface area contributed by atoms with Crippen LogP contribution in [0.1, 0.15) is 21.8 Å². The quantitative estimate of drug-likeness (QED) is 0.562. The number of carbonyl (C=O) groups excluding carboxylic acids is 1. The van der Waals surface area contributed by atoms with Crippen molar-refractivity contribution in [1.82, 2.24) is 0 Å². The van der Waals surface area contributed by atoms with E-state index >= 15 is 0 Å².